The van der Waals surface area contributed by atoms with Gasteiger partial charge in [0.15, 0.2) is 0 Å². The Kier molecular flexibility index (Phi) is 5.47. The molecule has 0 aliphatic heterocycles. The summed E-state index contributed by atoms with van der Waals surface area (Å²) in [7, 11) is 0. The largest absolute Gasteiger partial charge is 0.457 e. The lowest BCUT2D eigenvalue weighted by molar-refractivity contribution is -0.135. The van der Waals surface area contributed by atoms with Crippen LogP contribution in [0.2, 0.25) is 0 Å². The Balaban J connectivity index is 4.50. The van der Waals surface area contributed by atoms with E-state index >= 15 is 0 Å². The van der Waals surface area contributed by atoms with Crippen molar-refractivity contribution in [3.8, 4) is 0 Å². The second-order valence-corrected chi connectivity index (χ2v) is 2.38. The quantitative estimate of drug-likeness (QED) is 0.141. The fraction of sp³-hybridized carbons (Fsp3) is 0.286. The summed E-state index contributed by atoms with van der Waals surface area (Å²) in [6, 6.07) is 0. The molecule has 0 bridgehead atoms. The van der Waals surface area contributed by atoms with Crippen LogP contribution in [0.3, 0.4) is 0 Å². The predicted molar refractivity (Wildman–Crippen MR) is 46.1 cm³/mol. The van der Waals surface area contributed by atoms with E-state index in [2.05, 4.69) is 16.5 Å². The normalized spacial score (nSPS) is 13.1. The minimum atomic E-state index is -2.45. The molecule has 0 spiro atoms. The number of hydrogen-bond acceptors (Lipinski definition) is 5. The summed E-state index contributed by atoms with van der Waals surface area (Å²) in [4.78, 5) is 21.6. The minimum Gasteiger partial charge on any atom is -0.457 e. The summed E-state index contributed by atoms with van der Waals surface area (Å²) in [6.45, 7) is 3.04. The number of nitrogens with zero attached hydrogens (tertiary/aromatic N) is 1. The van der Waals surface area contributed by atoms with E-state index in [-0.39, 0.29) is 6.61 Å². The number of oxime groups is 1. The number of alkyl halides is 2. The van der Waals surface area contributed by atoms with Crippen LogP contribution in [0.4, 0.5) is 4.39 Å². The average molecular weight is 224 g/mol. The first-order valence-electron chi connectivity index (χ1n) is 3.37. The van der Waals surface area contributed by atoms with Gasteiger partial charge in [-0.3, -0.25) is 4.79 Å². The zero-order chi connectivity index (χ0) is 11.1. The van der Waals surface area contributed by atoms with E-state index in [1.54, 1.807) is 0 Å². The number of carbonyl (C=O) groups excluding carboxylic acids is 2. The highest BCUT2D eigenvalue weighted by Crippen LogP contribution is 2.01. The number of halogens is 2. The third-order valence-electron chi connectivity index (χ3n) is 1.06. The molecule has 7 heteroatoms. The van der Waals surface area contributed by atoms with Gasteiger partial charge in [-0.05, 0) is 0 Å². The van der Waals surface area contributed by atoms with Crippen LogP contribution in [0, 0.1) is 0 Å². The Hall–Kier alpha value is -1.43. The van der Waals surface area contributed by atoms with Crippen molar-refractivity contribution in [3.05, 3.63) is 12.7 Å². The van der Waals surface area contributed by atoms with Crippen molar-refractivity contribution in [1.29, 1.82) is 0 Å². The molecule has 1 N–H and O–H groups in total. The summed E-state index contributed by atoms with van der Waals surface area (Å²) >= 11 is 4.74. The summed E-state index contributed by atoms with van der Waals surface area (Å²) in [6.07, 6.45) is 1.23. The molecule has 0 saturated carbocycles. The molecule has 0 aromatic rings. The summed E-state index contributed by atoms with van der Waals surface area (Å²) in [5.41, 5.74) is -3.54. The van der Waals surface area contributed by atoms with E-state index in [0.29, 0.717) is 0 Å². The predicted octanol–water partition coefficient (Wildman–Crippen LogP) is 0.649. The van der Waals surface area contributed by atoms with Gasteiger partial charge < -0.3 is 9.94 Å². The van der Waals surface area contributed by atoms with Gasteiger partial charge in [-0.15, -0.1) is 0 Å². The van der Waals surface area contributed by atoms with Crippen LogP contribution in [-0.2, 0) is 14.3 Å². The molecule has 5 nitrogen and oxygen atoms in total. The Labute approximate surface area is 83.8 Å². The lowest BCUT2D eigenvalue weighted by atomic mass is 10.2. The molecule has 1 unspecified atom stereocenters. The third-order valence-corrected chi connectivity index (χ3v) is 1.26. The molecule has 0 saturated heterocycles. The first-order chi connectivity index (χ1) is 6.54. The first-order valence-corrected chi connectivity index (χ1v) is 3.80. The highest BCUT2D eigenvalue weighted by atomic mass is 35.5. The smallest absolute Gasteiger partial charge is 0.364 e. The highest BCUT2D eigenvalue weighted by molar-refractivity contribution is 6.68. The van der Waals surface area contributed by atoms with E-state index in [0.717, 1.165) is 0 Å². The van der Waals surface area contributed by atoms with Crippen LogP contribution in [-0.4, -0.2) is 34.9 Å². The number of Topliss-reactive ketones (excluding diaryl/α,β-unsaturated/α-hetero) is 1. The molecule has 14 heavy (non-hydrogen) atoms. The fourth-order valence-corrected chi connectivity index (χ4v) is 0.600. The number of hydrogen-bond donors (Lipinski definition) is 1. The maximum Gasteiger partial charge on any atom is 0.364 e. The monoisotopic (exact) mass is 223 g/mol. The first kappa shape index (κ1) is 12.6. The molecule has 0 aliphatic carbocycles. The van der Waals surface area contributed by atoms with Gasteiger partial charge in [-0.2, -0.15) is 0 Å². The highest BCUT2D eigenvalue weighted by Gasteiger charge is 2.28. The zero-order valence-corrected chi connectivity index (χ0v) is 7.70. The molecule has 0 radical (unpaired) electrons. The van der Waals surface area contributed by atoms with Crippen LogP contribution < -0.4 is 0 Å². The molecule has 0 rings (SSSR count). The van der Waals surface area contributed by atoms with Gasteiger partial charge in [-0.25, -0.2) is 9.18 Å². The molecule has 0 aliphatic rings. The number of ether oxygens (including phenoxy) is 1. The van der Waals surface area contributed by atoms with Crippen molar-refractivity contribution in [3.63, 3.8) is 0 Å². The number of esters is 1. The van der Waals surface area contributed by atoms with Crippen molar-refractivity contribution >= 4 is 29.1 Å². The second kappa shape index (κ2) is 6.09. The molecule has 0 aromatic heterocycles. The van der Waals surface area contributed by atoms with E-state index in [4.69, 9.17) is 16.8 Å². The van der Waals surface area contributed by atoms with Gasteiger partial charge in [0.05, 0.1) is 0 Å². The lowest BCUT2D eigenvalue weighted by Gasteiger charge is -2.02. The molecule has 0 heterocycles. The number of carbonyl (C=O) groups is 2. The summed E-state index contributed by atoms with van der Waals surface area (Å²) < 4.78 is 16.5. The van der Waals surface area contributed by atoms with Gasteiger partial charge in [0.1, 0.15) is 6.61 Å². The topological polar surface area (TPSA) is 76.0 Å². The molecule has 78 valence electrons. The van der Waals surface area contributed by atoms with Gasteiger partial charge in [-0.1, -0.05) is 29.4 Å². The van der Waals surface area contributed by atoms with E-state index in [1.807, 2.05) is 0 Å². The Morgan fingerprint density at radius 3 is 2.64 bits per heavy atom. The molecule has 0 aromatic carbocycles. The van der Waals surface area contributed by atoms with Crippen LogP contribution in [0.15, 0.2) is 17.8 Å². The average Bonchev–Trinajstić information content (AvgIpc) is 2.15. The minimum absolute atomic E-state index is 0.190. The summed E-state index contributed by atoms with van der Waals surface area (Å²) in [5.74, 6) is -2.72. The van der Waals surface area contributed by atoms with E-state index in [1.165, 1.54) is 6.08 Å². The van der Waals surface area contributed by atoms with Gasteiger partial charge in [0, 0.05) is 0 Å². The van der Waals surface area contributed by atoms with Gasteiger partial charge in [0.25, 0.3) is 0 Å². The SMILES string of the molecule is C=CCOC(=O)/C(=N\O)C(=O)C(F)Cl. The number of ketones is 1. The van der Waals surface area contributed by atoms with Crippen molar-refractivity contribution in [2.45, 2.75) is 5.63 Å². The molecular weight excluding hydrogens is 217 g/mol. The molecule has 0 amide bonds. The molecule has 1 atom stereocenters. The van der Waals surface area contributed by atoms with Gasteiger partial charge in [0.2, 0.25) is 17.1 Å². The number of rotatable bonds is 5. The van der Waals surface area contributed by atoms with E-state index < -0.39 is 23.1 Å². The van der Waals surface area contributed by atoms with Crippen LogP contribution in [0.25, 0.3) is 0 Å². The van der Waals surface area contributed by atoms with Gasteiger partial charge >= 0.3 is 5.97 Å². The fourth-order valence-electron chi connectivity index (χ4n) is 0.497. The maximum absolute atomic E-state index is 12.2. The zero-order valence-electron chi connectivity index (χ0n) is 6.94. The standard InChI is InChI=1S/C7H7ClFNO4/c1-2-3-14-7(12)4(10-13)5(11)6(8)9/h2,6,13H,1,3H2/b10-4-. The van der Waals surface area contributed by atoms with Crippen LogP contribution in [0.1, 0.15) is 0 Å². The molecule has 0 fully saturated rings. The molecular formula is C7H7ClFNO4. The van der Waals surface area contributed by atoms with Crippen molar-refractivity contribution in [2.75, 3.05) is 6.61 Å². The Morgan fingerprint density at radius 1 is 1.71 bits per heavy atom. The van der Waals surface area contributed by atoms with Crippen molar-refractivity contribution in [2.24, 2.45) is 5.16 Å². The van der Waals surface area contributed by atoms with Crippen LogP contribution in [0.5, 0.6) is 0 Å². The second-order valence-electron chi connectivity index (χ2n) is 2.00. The van der Waals surface area contributed by atoms with Crippen LogP contribution >= 0.6 is 11.6 Å². The lowest BCUT2D eigenvalue weighted by Crippen LogP contribution is -2.30. The Morgan fingerprint density at radius 2 is 2.29 bits per heavy atom. The van der Waals surface area contributed by atoms with Crippen molar-refractivity contribution in [1.82, 2.24) is 0 Å². The summed E-state index contributed by atoms with van der Waals surface area (Å²) in [5, 5.41) is 10.5. The third kappa shape index (κ3) is 3.53. The Bertz CT molecular complexity index is 277. The van der Waals surface area contributed by atoms with Crippen molar-refractivity contribution < 1.29 is 23.9 Å². The maximum atomic E-state index is 12.2. The van der Waals surface area contributed by atoms with E-state index in [9.17, 15) is 14.0 Å².